The van der Waals surface area contributed by atoms with E-state index in [-0.39, 0.29) is 12.4 Å². The maximum Gasteiger partial charge on any atom is 0.188 e. The van der Waals surface area contributed by atoms with Gasteiger partial charge < -0.3 is 0 Å². The molecule has 5 heteroatoms. The molecular formula is C11H12ClN3S. The van der Waals surface area contributed by atoms with E-state index in [4.69, 9.17) is 0 Å². The van der Waals surface area contributed by atoms with Gasteiger partial charge >= 0.3 is 0 Å². The van der Waals surface area contributed by atoms with Gasteiger partial charge in [0.25, 0.3) is 0 Å². The molecule has 0 bridgehead atoms. The smallest absolute Gasteiger partial charge is 0.188 e. The second kappa shape index (κ2) is 6.45. The average Bonchev–Trinajstić information content (AvgIpc) is 2.28. The van der Waals surface area contributed by atoms with Crippen LogP contribution in [0, 0.1) is 6.92 Å². The molecule has 2 heterocycles. The number of aryl methyl sites for hydroxylation is 1. The summed E-state index contributed by atoms with van der Waals surface area (Å²) in [6, 6.07) is 5.89. The Balaban J connectivity index is 0.00000128. The Bertz CT molecular complexity index is 436. The van der Waals surface area contributed by atoms with Crippen molar-refractivity contribution >= 4 is 24.2 Å². The molecule has 0 unspecified atom stereocenters. The lowest BCUT2D eigenvalue weighted by atomic mass is 10.3. The predicted octanol–water partition coefficient (Wildman–Crippen LogP) is 2.89. The first-order chi connectivity index (χ1) is 7.34. The fourth-order valence-electron chi connectivity index (χ4n) is 1.13. The van der Waals surface area contributed by atoms with Gasteiger partial charge in [-0.3, -0.25) is 4.98 Å². The second-order valence-electron chi connectivity index (χ2n) is 3.13. The van der Waals surface area contributed by atoms with Crippen LogP contribution in [-0.2, 0) is 5.75 Å². The van der Waals surface area contributed by atoms with Gasteiger partial charge in [-0.05, 0) is 24.6 Å². The van der Waals surface area contributed by atoms with Crippen LogP contribution in [0.5, 0.6) is 0 Å². The quantitative estimate of drug-likeness (QED) is 0.623. The molecule has 2 aromatic heterocycles. The molecular weight excluding hydrogens is 242 g/mol. The average molecular weight is 254 g/mol. The van der Waals surface area contributed by atoms with Crippen molar-refractivity contribution in [2.75, 3.05) is 0 Å². The Hall–Kier alpha value is -1.13. The maximum atomic E-state index is 4.32. The summed E-state index contributed by atoms with van der Waals surface area (Å²) in [5.41, 5.74) is 2.19. The second-order valence-corrected chi connectivity index (χ2v) is 4.07. The standard InChI is InChI=1S/C11H11N3S.ClH/c1-9-4-6-13-11(14-9)15-8-10-3-2-5-12-7-10;/h2-7H,8H2,1H3;1H. The zero-order valence-electron chi connectivity index (χ0n) is 8.83. The third-order valence-electron chi connectivity index (χ3n) is 1.86. The normalized spacial score (nSPS) is 9.56. The van der Waals surface area contributed by atoms with E-state index < -0.39 is 0 Å². The van der Waals surface area contributed by atoms with Crippen molar-refractivity contribution in [3.05, 3.63) is 48.0 Å². The van der Waals surface area contributed by atoms with Gasteiger partial charge in [0.15, 0.2) is 5.16 Å². The van der Waals surface area contributed by atoms with E-state index in [1.165, 1.54) is 5.56 Å². The van der Waals surface area contributed by atoms with E-state index >= 15 is 0 Å². The lowest BCUT2D eigenvalue weighted by Crippen LogP contribution is -1.89. The van der Waals surface area contributed by atoms with Crippen molar-refractivity contribution in [3.8, 4) is 0 Å². The van der Waals surface area contributed by atoms with Crippen LogP contribution in [-0.4, -0.2) is 15.0 Å². The van der Waals surface area contributed by atoms with E-state index in [1.807, 2.05) is 25.3 Å². The highest BCUT2D eigenvalue weighted by molar-refractivity contribution is 7.98. The highest BCUT2D eigenvalue weighted by Gasteiger charge is 1.98. The van der Waals surface area contributed by atoms with Crippen molar-refractivity contribution < 1.29 is 0 Å². The van der Waals surface area contributed by atoms with Crippen LogP contribution in [0.25, 0.3) is 0 Å². The first-order valence-corrected chi connectivity index (χ1v) is 5.64. The van der Waals surface area contributed by atoms with Crippen LogP contribution < -0.4 is 0 Å². The van der Waals surface area contributed by atoms with E-state index in [0.29, 0.717) is 0 Å². The number of pyridine rings is 1. The Morgan fingerprint density at radius 3 is 2.81 bits per heavy atom. The molecule has 0 spiro atoms. The largest absolute Gasteiger partial charge is 0.264 e. The Morgan fingerprint density at radius 1 is 1.25 bits per heavy atom. The zero-order valence-corrected chi connectivity index (χ0v) is 10.5. The zero-order chi connectivity index (χ0) is 10.5. The van der Waals surface area contributed by atoms with Crippen molar-refractivity contribution in [2.45, 2.75) is 17.8 Å². The Labute approximate surface area is 105 Å². The molecule has 0 aliphatic rings. The monoisotopic (exact) mass is 253 g/mol. The van der Waals surface area contributed by atoms with Crippen molar-refractivity contribution in [3.63, 3.8) is 0 Å². The maximum absolute atomic E-state index is 4.32. The summed E-state index contributed by atoms with van der Waals surface area (Å²) in [5.74, 6) is 0.858. The summed E-state index contributed by atoms with van der Waals surface area (Å²) in [4.78, 5) is 12.6. The van der Waals surface area contributed by atoms with Gasteiger partial charge in [-0.2, -0.15) is 0 Å². The molecule has 0 saturated heterocycles. The molecule has 0 fully saturated rings. The van der Waals surface area contributed by atoms with Gasteiger partial charge in [-0.25, -0.2) is 9.97 Å². The number of thioether (sulfide) groups is 1. The van der Waals surface area contributed by atoms with E-state index in [1.54, 1.807) is 24.2 Å². The van der Waals surface area contributed by atoms with Gasteiger partial charge in [0.2, 0.25) is 0 Å². The minimum Gasteiger partial charge on any atom is -0.264 e. The van der Waals surface area contributed by atoms with E-state index in [0.717, 1.165) is 16.6 Å². The van der Waals surface area contributed by atoms with Crippen LogP contribution in [0.1, 0.15) is 11.3 Å². The van der Waals surface area contributed by atoms with Gasteiger partial charge in [-0.1, -0.05) is 17.8 Å². The van der Waals surface area contributed by atoms with Gasteiger partial charge in [0.05, 0.1) is 0 Å². The fraction of sp³-hybridized carbons (Fsp3) is 0.182. The molecule has 3 nitrogen and oxygen atoms in total. The number of hydrogen-bond acceptors (Lipinski definition) is 4. The van der Waals surface area contributed by atoms with Crippen LogP contribution in [0.4, 0.5) is 0 Å². The van der Waals surface area contributed by atoms with Crippen LogP contribution in [0.3, 0.4) is 0 Å². The first kappa shape index (κ1) is 12.9. The highest BCUT2D eigenvalue weighted by atomic mass is 35.5. The first-order valence-electron chi connectivity index (χ1n) is 4.66. The summed E-state index contributed by atoms with van der Waals surface area (Å²) in [6.07, 6.45) is 5.42. The van der Waals surface area contributed by atoms with Crippen molar-refractivity contribution in [2.24, 2.45) is 0 Å². The minimum atomic E-state index is 0. The Morgan fingerprint density at radius 2 is 2.12 bits per heavy atom. The van der Waals surface area contributed by atoms with Crippen LogP contribution in [0.2, 0.25) is 0 Å². The summed E-state index contributed by atoms with van der Waals surface area (Å²) in [5, 5.41) is 0.818. The third kappa shape index (κ3) is 3.79. The molecule has 84 valence electrons. The molecule has 0 amide bonds. The molecule has 0 aliphatic carbocycles. The molecule has 0 atom stereocenters. The SMILES string of the molecule is Cc1ccnc(SCc2cccnc2)n1.Cl. The number of aromatic nitrogens is 3. The summed E-state index contributed by atoms with van der Waals surface area (Å²) in [6.45, 7) is 1.97. The van der Waals surface area contributed by atoms with Crippen LogP contribution >= 0.6 is 24.2 Å². The molecule has 0 radical (unpaired) electrons. The minimum absolute atomic E-state index is 0. The number of rotatable bonds is 3. The number of halogens is 1. The number of hydrogen-bond donors (Lipinski definition) is 0. The lowest BCUT2D eigenvalue weighted by molar-refractivity contribution is 0.931. The summed E-state index contributed by atoms with van der Waals surface area (Å²) >= 11 is 1.63. The highest BCUT2D eigenvalue weighted by Crippen LogP contribution is 2.17. The Kier molecular flexibility index (Phi) is 5.22. The summed E-state index contributed by atoms with van der Waals surface area (Å²) < 4.78 is 0. The number of nitrogens with zero attached hydrogens (tertiary/aromatic N) is 3. The topological polar surface area (TPSA) is 38.7 Å². The molecule has 2 aromatic rings. The summed E-state index contributed by atoms with van der Waals surface area (Å²) in [7, 11) is 0. The fourth-order valence-corrected chi connectivity index (χ4v) is 1.94. The van der Waals surface area contributed by atoms with E-state index in [2.05, 4.69) is 21.0 Å². The molecule has 2 rings (SSSR count). The molecule has 0 saturated carbocycles. The van der Waals surface area contributed by atoms with E-state index in [9.17, 15) is 0 Å². The lowest BCUT2D eigenvalue weighted by Gasteiger charge is -2.00. The van der Waals surface area contributed by atoms with Crippen molar-refractivity contribution in [1.82, 2.24) is 15.0 Å². The predicted molar refractivity (Wildman–Crippen MR) is 67.8 cm³/mol. The molecule has 0 N–H and O–H groups in total. The van der Waals surface area contributed by atoms with Crippen LogP contribution in [0.15, 0.2) is 41.9 Å². The van der Waals surface area contributed by atoms with Crippen molar-refractivity contribution in [1.29, 1.82) is 0 Å². The molecule has 0 aromatic carbocycles. The molecule has 16 heavy (non-hydrogen) atoms. The van der Waals surface area contributed by atoms with Gasteiger partial charge in [0, 0.05) is 30.0 Å². The van der Waals surface area contributed by atoms with Gasteiger partial charge in [-0.15, -0.1) is 12.4 Å². The molecule has 0 aliphatic heterocycles. The third-order valence-corrected chi connectivity index (χ3v) is 2.80. The van der Waals surface area contributed by atoms with Gasteiger partial charge in [0.1, 0.15) is 0 Å².